The second kappa shape index (κ2) is 6.49. The second-order valence-electron chi connectivity index (χ2n) is 4.41. The number of rotatable bonds is 5. The third kappa shape index (κ3) is 3.09. The molecule has 0 aliphatic rings. The maximum Gasteiger partial charge on any atom is 0.153 e. The number of hydrogen-bond donors (Lipinski definition) is 0. The summed E-state index contributed by atoms with van der Waals surface area (Å²) < 4.78 is 0. The highest BCUT2D eigenvalue weighted by atomic mass is 16.1. The summed E-state index contributed by atoms with van der Waals surface area (Å²) in [4.78, 5) is 33.6. The van der Waals surface area contributed by atoms with Gasteiger partial charge in [0.05, 0.1) is 24.6 Å². The molecule has 0 spiro atoms. The summed E-state index contributed by atoms with van der Waals surface area (Å²) in [5.41, 5.74) is 1.32. The minimum Gasteiger partial charge on any atom is -0.302 e. The van der Waals surface area contributed by atoms with Gasteiger partial charge in [0.1, 0.15) is 0 Å². The topological polar surface area (TPSA) is 84.8 Å². The van der Waals surface area contributed by atoms with Crippen molar-refractivity contribution in [3.63, 3.8) is 0 Å². The molecule has 3 aromatic heterocycles. The third-order valence-electron chi connectivity index (χ3n) is 2.96. The number of pyridine rings is 1. The average molecular weight is 292 g/mol. The van der Waals surface area contributed by atoms with Crippen LogP contribution in [0.2, 0.25) is 0 Å². The molecular formula is C15H12N6O. The van der Waals surface area contributed by atoms with Crippen molar-refractivity contribution in [3.8, 4) is 0 Å². The molecule has 0 radical (unpaired) electrons. The fraction of sp³-hybridized carbons (Fsp3) is 0.0667. The number of carbonyl (C=O) groups is 1. The van der Waals surface area contributed by atoms with Crippen molar-refractivity contribution in [3.05, 3.63) is 66.8 Å². The summed E-state index contributed by atoms with van der Waals surface area (Å²) in [7, 11) is 0. The predicted octanol–water partition coefficient (Wildman–Crippen LogP) is 1.81. The van der Waals surface area contributed by atoms with Gasteiger partial charge < -0.3 is 4.90 Å². The van der Waals surface area contributed by atoms with Crippen molar-refractivity contribution in [1.29, 1.82) is 0 Å². The summed E-state index contributed by atoms with van der Waals surface area (Å²) in [5.74, 6) is 1.29. The second-order valence-corrected chi connectivity index (χ2v) is 4.41. The first-order chi connectivity index (χ1) is 10.9. The largest absolute Gasteiger partial charge is 0.302 e. The Morgan fingerprint density at radius 1 is 0.864 bits per heavy atom. The van der Waals surface area contributed by atoms with E-state index in [1.54, 1.807) is 49.3 Å². The molecule has 0 fully saturated rings. The summed E-state index contributed by atoms with van der Waals surface area (Å²) in [5, 5.41) is 0. The monoisotopic (exact) mass is 292 g/mol. The van der Waals surface area contributed by atoms with E-state index < -0.39 is 0 Å². The van der Waals surface area contributed by atoms with Crippen LogP contribution in [0.15, 0.2) is 55.5 Å². The van der Waals surface area contributed by atoms with Crippen LogP contribution in [0.1, 0.15) is 16.1 Å². The van der Waals surface area contributed by atoms with E-state index in [-0.39, 0.29) is 0 Å². The average Bonchev–Trinajstić information content (AvgIpc) is 2.62. The van der Waals surface area contributed by atoms with E-state index in [1.165, 1.54) is 6.20 Å². The highest BCUT2D eigenvalue weighted by molar-refractivity contribution is 5.73. The lowest BCUT2D eigenvalue weighted by Crippen LogP contribution is -2.19. The minimum absolute atomic E-state index is 0.441. The van der Waals surface area contributed by atoms with Gasteiger partial charge in [-0.1, -0.05) is 0 Å². The van der Waals surface area contributed by atoms with Gasteiger partial charge in [-0.25, -0.2) is 9.97 Å². The normalized spacial score (nSPS) is 10.2. The van der Waals surface area contributed by atoms with Crippen molar-refractivity contribution in [1.82, 2.24) is 24.9 Å². The number of aldehydes is 1. The van der Waals surface area contributed by atoms with E-state index in [9.17, 15) is 4.79 Å². The lowest BCUT2D eigenvalue weighted by molar-refractivity contribution is 0.112. The Bertz CT molecular complexity index is 693. The fourth-order valence-corrected chi connectivity index (χ4v) is 1.90. The van der Waals surface area contributed by atoms with E-state index >= 15 is 0 Å². The Morgan fingerprint density at radius 3 is 2.00 bits per heavy atom. The predicted molar refractivity (Wildman–Crippen MR) is 79.5 cm³/mol. The molecular weight excluding hydrogens is 280 g/mol. The van der Waals surface area contributed by atoms with Crippen LogP contribution in [0, 0.1) is 0 Å². The van der Waals surface area contributed by atoms with Crippen LogP contribution in [0.3, 0.4) is 0 Å². The fourth-order valence-electron chi connectivity index (χ4n) is 1.90. The molecule has 0 saturated carbocycles. The van der Waals surface area contributed by atoms with Gasteiger partial charge in [0.25, 0.3) is 0 Å². The highest BCUT2D eigenvalue weighted by Gasteiger charge is 2.13. The molecule has 0 aliphatic heterocycles. The first-order valence-corrected chi connectivity index (χ1v) is 6.56. The number of carbonyl (C=O) groups excluding carboxylic acids is 1. The van der Waals surface area contributed by atoms with Crippen LogP contribution < -0.4 is 4.90 Å². The van der Waals surface area contributed by atoms with Gasteiger partial charge in [0.2, 0.25) is 0 Å². The van der Waals surface area contributed by atoms with Gasteiger partial charge in [-0.3, -0.25) is 19.7 Å². The molecule has 0 atom stereocenters. The van der Waals surface area contributed by atoms with Crippen molar-refractivity contribution in [2.45, 2.75) is 6.54 Å². The molecule has 0 saturated heterocycles. The molecule has 0 bridgehead atoms. The van der Waals surface area contributed by atoms with Gasteiger partial charge in [-0.15, -0.1) is 0 Å². The van der Waals surface area contributed by atoms with E-state index in [4.69, 9.17) is 0 Å². The zero-order valence-corrected chi connectivity index (χ0v) is 11.6. The van der Waals surface area contributed by atoms with Gasteiger partial charge in [0, 0.05) is 36.5 Å². The molecule has 0 amide bonds. The van der Waals surface area contributed by atoms with Gasteiger partial charge in [-0.05, 0) is 12.1 Å². The van der Waals surface area contributed by atoms with Crippen molar-refractivity contribution in [2.75, 3.05) is 4.90 Å². The number of hydrogen-bond acceptors (Lipinski definition) is 7. The lowest BCUT2D eigenvalue weighted by Gasteiger charge is -2.21. The van der Waals surface area contributed by atoms with E-state index in [0.29, 0.717) is 23.7 Å². The Kier molecular flexibility index (Phi) is 4.05. The zero-order chi connectivity index (χ0) is 15.2. The summed E-state index contributed by atoms with van der Waals surface area (Å²) in [6.07, 6.45) is 12.0. The van der Waals surface area contributed by atoms with Crippen LogP contribution in [0.5, 0.6) is 0 Å². The van der Waals surface area contributed by atoms with Crippen LogP contribution in [-0.4, -0.2) is 31.2 Å². The standard InChI is InChI=1S/C15H12N6O/c22-11-12-1-2-13(20-7-12)10-21(14-8-16-3-5-18-14)15-9-17-4-6-19-15/h1-9,11H,10H2. The third-order valence-corrected chi connectivity index (χ3v) is 2.96. The molecule has 3 rings (SSSR count). The summed E-state index contributed by atoms with van der Waals surface area (Å²) >= 11 is 0. The molecule has 0 N–H and O–H groups in total. The van der Waals surface area contributed by atoms with Crippen LogP contribution in [0.4, 0.5) is 11.6 Å². The molecule has 0 aliphatic carbocycles. The van der Waals surface area contributed by atoms with Gasteiger partial charge in [0.15, 0.2) is 17.9 Å². The number of nitrogens with zero attached hydrogens (tertiary/aromatic N) is 6. The first-order valence-electron chi connectivity index (χ1n) is 6.56. The molecule has 22 heavy (non-hydrogen) atoms. The van der Waals surface area contributed by atoms with E-state index in [1.807, 2.05) is 4.90 Å². The SMILES string of the molecule is O=Cc1ccc(CN(c2cnccn2)c2cnccn2)nc1. The molecule has 3 heterocycles. The van der Waals surface area contributed by atoms with Crippen molar-refractivity contribution in [2.24, 2.45) is 0 Å². The quantitative estimate of drug-likeness (QED) is 0.663. The molecule has 7 nitrogen and oxygen atoms in total. The van der Waals surface area contributed by atoms with Crippen LogP contribution in [0.25, 0.3) is 0 Å². The highest BCUT2D eigenvalue weighted by Crippen LogP contribution is 2.21. The summed E-state index contributed by atoms with van der Waals surface area (Å²) in [6.45, 7) is 0.441. The maximum absolute atomic E-state index is 10.7. The van der Waals surface area contributed by atoms with Crippen LogP contribution >= 0.6 is 0 Å². The molecule has 0 unspecified atom stereocenters. The van der Waals surface area contributed by atoms with E-state index in [2.05, 4.69) is 24.9 Å². The lowest BCUT2D eigenvalue weighted by atomic mass is 10.2. The Labute approximate surface area is 126 Å². The summed E-state index contributed by atoms with van der Waals surface area (Å²) in [6, 6.07) is 3.52. The van der Waals surface area contributed by atoms with Crippen molar-refractivity contribution < 1.29 is 4.79 Å². The van der Waals surface area contributed by atoms with Crippen molar-refractivity contribution >= 4 is 17.9 Å². The van der Waals surface area contributed by atoms with Gasteiger partial charge in [-0.2, -0.15) is 0 Å². The Balaban J connectivity index is 1.93. The maximum atomic E-state index is 10.7. The number of aromatic nitrogens is 5. The minimum atomic E-state index is 0.441. The molecule has 0 aromatic carbocycles. The number of anilines is 2. The Morgan fingerprint density at radius 2 is 1.55 bits per heavy atom. The van der Waals surface area contributed by atoms with Crippen LogP contribution in [-0.2, 0) is 6.54 Å². The van der Waals surface area contributed by atoms with Gasteiger partial charge >= 0.3 is 0 Å². The smallest absolute Gasteiger partial charge is 0.153 e. The van der Waals surface area contributed by atoms with E-state index in [0.717, 1.165) is 12.0 Å². The Hall–Kier alpha value is -3.22. The molecule has 108 valence electrons. The molecule has 7 heteroatoms. The first kappa shape index (κ1) is 13.7. The zero-order valence-electron chi connectivity index (χ0n) is 11.6. The molecule has 3 aromatic rings.